The first-order valence-electron chi connectivity index (χ1n) is 10.8. The number of hydrogen-bond acceptors (Lipinski definition) is 7. The number of phenols is 1. The number of ether oxygens (including phenoxy) is 2. The van der Waals surface area contributed by atoms with Crippen molar-refractivity contribution in [2.75, 3.05) is 12.0 Å². The Balaban J connectivity index is 1.71. The number of methoxy groups -OCH3 is 1. The molecule has 1 fully saturated rings. The van der Waals surface area contributed by atoms with Gasteiger partial charge in [-0.1, -0.05) is 12.1 Å². The molecule has 1 saturated heterocycles. The number of carbonyl (C=O) groups excluding carboxylic acids is 2. The predicted octanol–water partition coefficient (Wildman–Crippen LogP) is 3.75. The highest BCUT2D eigenvalue weighted by atomic mass is 16.5. The molecule has 1 aromatic heterocycles. The van der Waals surface area contributed by atoms with Crippen molar-refractivity contribution < 1.29 is 29.3 Å². The van der Waals surface area contributed by atoms with Crippen LogP contribution in [0.1, 0.15) is 29.7 Å². The van der Waals surface area contributed by atoms with Crippen molar-refractivity contribution in [3.8, 4) is 17.2 Å². The maximum Gasteiger partial charge on any atom is 0.301 e. The van der Waals surface area contributed by atoms with Gasteiger partial charge in [-0.05, 0) is 60.5 Å². The normalized spacial score (nSPS) is 20.8. The van der Waals surface area contributed by atoms with Gasteiger partial charge in [-0.3, -0.25) is 14.5 Å². The van der Waals surface area contributed by atoms with E-state index in [1.807, 2.05) is 6.92 Å². The zero-order valence-corrected chi connectivity index (χ0v) is 18.6. The molecule has 2 aliphatic rings. The first-order valence-corrected chi connectivity index (χ1v) is 10.8. The molecule has 2 N–H and O–H groups in total. The fourth-order valence-corrected chi connectivity index (χ4v) is 4.47. The zero-order valence-electron chi connectivity index (χ0n) is 18.6. The lowest BCUT2D eigenvalue weighted by Gasteiger charge is -2.24. The Morgan fingerprint density at radius 2 is 1.97 bits per heavy atom. The van der Waals surface area contributed by atoms with E-state index in [1.165, 1.54) is 30.3 Å². The van der Waals surface area contributed by atoms with Crippen LogP contribution in [0.3, 0.4) is 0 Å². The molecule has 0 aliphatic carbocycles. The Kier molecular flexibility index (Phi) is 5.20. The fraction of sp³-hybridized carbons (Fsp3) is 0.192. The van der Waals surface area contributed by atoms with Gasteiger partial charge < -0.3 is 19.7 Å². The number of aromatic hydroxyl groups is 1. The maximum atomic E-state index is 13.3. The van der Waals surface area contributed by atoms with Gasteiger partial charge in [0.2, 0.25) is 0 Å². The average Bonchev–Trinajstić information content (AvgIpc) is 3.35. The molecule has 8 heteroatoms. The number of aromatic nitrogens is 1. The molecule has 0 radical (unpaired) electrons. The minimum absolute atomic E-state index is 0.0200. The van der Waals surface area contributed by atoms with Crippen LogP contribution < -0.4 is 14.4 Å². The van der Waals surface area contributed by atoms with Crippen LogP contribution >= 0.6 is 0 Å². The second-order valence-corrected chi connectivity index (χ2v) is 8.24. The van der Waals surface area contributed by atoms with Crippen LogP contribution in [0.5, 0.6) is 17.2 Å². The average molecular weight is 458 g/mol. The summed E-state index contributed by atoms with van der Waals surface area (Å²) in [5.74, 6) is -0.854. The van der Waals surface area contributed by atoms with Crippen LogP contribution in [0.4, 0.5) is 5.82 Å². The molecule has 2 atom stereocenters. The summed E-state index contributed by atoms with van der Waals surface area (Å²) in [5.41, 5.74) is 1.72. The van der Waals surface area contributed by atoms with Crippen LogP contribution in [0, 0.1) is 0 Å². The summed E-state index contributed by atoms with van der Waals surface area (Å²) in [4.78, 5) is 31.9. The molecule has 5 rings (SSSR count). The molecule has 34 heavy (non-hydrogen) atoms. The van der Waals surface area contributed by atoms with Gasteiger partial charge in [-0.2, -0.15) is 0 Å². The lowest BCUT2D eigenvalue weighted by Crippen LogP contribution is -2.30. The Morgan fingerprint density at radius 1 is 1.15 bits per heavy atom. The highest BCUT2D eigenvalue weighted by Gasteiger charge is 2.47. The number of benzene rings is 2. The second-order valence-electron chi connectivity index (χ2n) is 8.24. The van der Waals surface area contributed by atoms with Crippen LogP contribution in [-0.2, 0) is 16.0 Å². The van der Waals surface area contributed by atoms with E-state index in [0.29, 0.717) is 17.5 Å². The number of aliphatic hydroxyl groups is 1. The lowest BCUT2D eigenvalue weighted by atomic mass is 9.94. The summed E-state index contributed by atoms with van der Waals surface area (Å²) in [5, 5.41) is 21.4. The van der Waals surface area contributed by atoms with Crippen molar-refractivity contribution in [1.82, 2.24) is 4.98 Å². The van der Waals surface area contributed by atoms with Crippen molar-refractivity contribution >= 4 is 23.3 Å². The van der Waals surface area contributed by atoms with Crippen LogP contribution in [-0.4, -0.2) is 40.1 Å². The number of aliphatic hydroxyl groups excluding tert-OH is 1. The van der Waals surface area contributed by atoms with E-state index < -0.39 is 17.7 Å². The van der Waals surface area contributed by atoms with Crippen molar-refractivity contribution in [1.29, 1.82) is 0 Å². The number of phenolic OH excluding ortho intramolecular Hbond substituents is 1. The number of fused-ring (bicyclic) bond motifs is 1. The SMILES string of the molecule is COc1cc(C2C(=C(O)c3ccc4c(c3)CC(C)O4)C(=O)C(=O)N2c2ccccn2)ccc1O. The van der Waals surface area contributed by atoms with Crippen molar-refractivity contribution in [3.63, 3.8) is 0 Å². The minimum Gasteiger partial charge on any atom is -0.507 e. The Morgan fingerprint density at radius 3 is 2.71 bits per heavy atom. The number of nitrogens with zero attached hydrogens (tertiary/aromatic N) is 2. The maximum absolute atomic E-state index is 13.3. The van der Waals surface area contributed by atoms with Gasteiger partial charge in [0.15, 0.2) is 11.5 Å². The van der Waals surface area contributed by atoms with Crippen molar-refractivity contribution in [3.05, 3.63) is 83.1 Å². The Labute approximate surface area is 195 Å². The lowest BCUT2D eigenvalue weighted by molar-refractivity contribution is -0.132. The highest BCUT2D eigenvalue weighted by molar-refractivity contribution is 6.51. The molecule has 0 saturated carbocycles. The van der Waals surface area contributed by atoms with E-state index in [0.717, 1.165) is 11.3 Å². The van der Waals surface area contributed by atoms with Gasteiger partial charge in [0, 0.05) is 18.2 Å². The molecule has 3 heterocycles. The number of rotatable bonds is 4. The summed E-state index contributed by atoms with van der Waals surface area (Å²) >= 11 is 0. The molecule has 0 spiro atoms. The highest BCUT2D eigenvalue weighted by Crippen LogP contribution is 2.44. The molecule has 3 aromatic rings. The van der Waals surface area contributed by atoms with E-state index in [4.69, 9.17) is 9.47 Å². The number of pyridine rings is 1. The van der Waals surface area contributed by atoms with Gasteiger partial charge >= 0.3 is 5.91 Å². The number of anilines is 1. The van der Waals surface area contributed by atoms with Gasteiger partial charge in [-0.25, -0.2) is 4.98 Å². The van der Waals surface area contributed by atoms with Crippen molar-refractivity contribution in [2.45, 2.75) is 25.5 Å². The molecule has 2 aliphatic heterocycles. The fourth-order valence-electron chi connectivity index (χ4n) is 4.47. The van der Waals surface area contributed by atoms with E-state index >= 15 is 0 Å². The van der Waals surface area contributed by atoms with Gasteiger partial charge in [-0.15, -0.1) is 0 Å². The first kappa shape index (κ1) is 21.5. The second kappa shape index (κ2) is 8.22. The predicted molar refractivity (Wildman–Crippen MR) is 124 cm³/mol. The summed E-state index contributed by atoms with van der Waals surface area (Å²) in [6.45, 7) is 1.95. The Bertz CT molecular complexity index is 1330. The van der Waals surface area contributed by atoms with Crippen LogP contribution in [0.2, 0.25) is 0 Å². The van der Waals surface area contributed by atoms with Gasteiger partial charge in [0.1, 0.15) is 23.4 Å². The van der Waals surface area contributed by atoms with Gasteiger partial charge in [0.25, 0.3) is 5.78 Å². The van der Waals surface area contributed by atoms with Gasteiger partial charge in [0.05, 0.1) is 18.7 Å². The summed E-state index contributed by atoms with van der Waals surface area (Å²) < 4.78 is 11.0. The molecular weight excluding hydrogens is 436 g/mol. The number of carbonyl (C=O) groups is 2. The standard InChI is InChI=1S/C26H22N2O6/c1-14-11-17-12-16(7-9-19(17)34-14)24(30)22-23(15-6-8-18(29)20(13-15)33-2)28(26(32)25(22)31)21-5-3-4-10-27-21/h3-10,12-14,23,29-30H,11H2,1-2H3. The van der Waals surface area contributed by atoms with E-state index in [1.54, 1.807) is 42.5 Å². The first-order chi connectivity index (χ1) is 16.4. The minimum atomic E-state index is -0.979. The summed E-state index contributed by atoms with van der Waals surface area (Å²) in [6, 6.07) is 13.8. The molecule has 2 aromatic carbocycles. The Hall–Kier alpha value is -4.33. The van der Waals surface area contributed by atoms with Crippen LogP contribution in [0.15, 0.2) is 66.4 Å². The van der Waals surface area contributed by atoms with Crippen LogP contribution in [0.25, 0.3) is 5.76 Å². The largest absolute Gasteiger partial charge is 0.507 e. The van der Waals surface area contributed by atoms with E-state index in [9.17, 15) is 19.8 Å². The zero-order chi connectivity index (χ0) is 24.0. The monoisotopic (exact) mass is 458 g/mol. The number of ketones is 1. The third kappa shape index (κ3) is 3.44. The van der Waals surface area contributed by atoms with E-state index in [-0.39, 0.29) is 34.8 Å². The van der Waals surface area contributed by atoms with Crippen molar-refractivity contribution in [2.24, 2.45) is 0 Å². The molecule has 8 nitrogen and oxygen atoms in total. The molecule has 172 valence electrons. The third-order valence-electron chi connectivity index (χ3n) is 6.03. The quantitative estimate of drug-likeness (QED) is 0.348. The van der Waals surface area contributed by atoms with E-state index in [2.05, 4.69) is 4.98 Å². The summed E-state index contributed by atoms with van der Waals surface area (Å²) in [7, 11) is 1.40. The molecule has 1 amide bonds. The third-order valence-corrected chi connectivity index (χ3v) is 6.03. The molecule has 2 unspecified atom stereocenters. The number of hydrogen-bond donors (Lipinski definition) is 2. The smallest absolute Gasteiger partial charge is 0.301 e. The topological polar surface area (TPSA) is 109 Å². The molecular formula is C26H22N2O6. The number of amides is 1. The molecule has 0 bridgehead atoms. The summed E-state index contributed by atoms with van der Waals surface area (Å²) in [6.07, 6.45) is 2.22. The number of Topliss-reactive ketones (excluding diaryl/α,β-unsaturated/α-hetero) is 1.